The minimum atomic E-state index is -0.514. The third kappa shape index (κ3) is 7.82. The monoisotopic (exact) mass is 624 g/mol. The summed E-state index contributed by atoms with van der Waals surface area (Å²) < 4.78 is 11.7. The minimum Gasteiger partial charge on any atom is -0.493 e. The Hall–Kier alpha value is -5.13. The molecule has 11 heteroatoms. The second-order valence-corrected chi connectivity index (χ2v) is 11.4. The van der Waals surface area contributed by atoms with Crippen LogP contribution in [-0.2, 0) is 9.59 Å². The molecule has 5 rings (SSSR count). The predicted octanol–water partition coefficient (Wildman–Crippen LogP) is 6.45. The Labute approximate surface area is 262 Å². The number of carbonyl (C=O) groups is 3. The van der Waals surface area contributed by atoms with Gasteiger partial charge in [0.05, 0.1) is 30.2 Å². The number of para-hydroxylation sites is 1. The van der Waals surface area contributed by atoms with Gasteiger partial charge in [-0.25, -0.2) is 4.98 Å². The van der Waals surface area contributed by atoms with Crippen LogP contribution in [0.1, 0.15) is 15.9 Å². The average Bonchev–Trinajstić information content (AvgIpc) is 3.46. The van der Waals surface area contributed by atoms with Gasteiger partial charge in [0, 0.05) is 16.1 Å². The van der Waals surface area contributed by atoms with Crippen LogP contribution in [0, 0.1) is 0 Å². The Kier molecular flexibility index (Phi) is 9.90. The molecule has 0 unspecified atom stereocenters. The van der Waals surface area contributed by atoms with Gasteiger partial charge < -0.3 is 25.4 Å². The Morgan fingerprint density at radius 3 is 2.30 bits per heavy atom. The second kappa shape index (κ2) is 14.4. The predicted molar refractivity (Wildman–Crippen MR) is 175 cm³/mol. The summed E-state index contributed by atoms with van der Waals surface area (Å²) in [6.07, 6.45) is 1.56. The van der Waals surface area contributed by atoms with Crippen molar-refractivity contribution in [3.8, 4) is 11.5 Å². The molecule has 1 heterocycles. The molecule has 0 aliphatic heterocycles. The zero-order valence-electron chi connectivity index (χ0n) is 23.8. The number of aromatic nitrogens is 1. The van der Waals surface area contributed by atoms with Crippen LogP contribution in [0.15, 0.2) is 108 Å². The highest BCUT2D eigenvalue weighted by molar-refractivity contribution is 8.00. The molecule has 0 spiro atoms. The lowest BCUT2D eigenvalue weighted by molar-refractivity contribution is -0.114. The number of hydrogen-bond donors (Lipinski definition) is 3. The quantitative estimate of drug-likeness (QED) is 0.114. The van der Waals surface area contributed by atoms with Gasteiger partial charge in [-0.05, 0) is 72.3 Å². The van der Waals surface area contributed by atoms with Gasteiger partial charge in [0.15, 0.2) is 16.6 Å². The van der Waals surface area contributed by atoms with Crippen molar-refractivity contribution in [2.45, 2.75) is 4.90 Å². The Morgan fingerprint density at radius 1 is 0.841 bits per heavy atom. The van der Waals surface area contributed by atoms with Crippen molar-refractivity contribution in [3.05, 3.63) is 114 Å². The number of methoxy groups -OCH3 is 2. The summed E-state index contributed by atoms with van der Waals surface area (Å²) in [6.45, 7) is 0. The average molecular weight is 625 g/mol. The van der Waals surface area contributed by atoms with Crippen LogP contribution in [-0.4, -0.2) is 42.7 Å². The Bertz CT molecular complexity index is 1790. The molecule has 3 N–H and O–H groups in total. The SMILES string of the molecule is COc1ccc(/C=C(\NC(=O)c2ccccc2)C(=O)Nc2ccc(SCC(=O)Nc3nc4ccccc4s3)cc2)cc1OC. The van der Waals surface area contributed by atoms with Crippen LogP contribution in [0.4, 0.5) is 10.8 Å². The summed E-state index contributed by atoms with van der Waals surface area (Å²) in [7, 11) is 3.06. The van der Waals surface area contributed by atoms with Gasteiger partial charge in [-0.15, -0.1) is 11.8 Å². The van der Waals surface area contributed by atoms with E-state index in [-0.39, 0.29) is 17.4 Å². The highest BCUT2D eigenvalue weighted by Gasteiger charge is 2.16. The minimum absolute atomic E-state index is 0.0380. The summed E-state index contributed by atoms with van der Waals surface area (Å²) in [5, 5.41) is 8.97. The molecule has 0 aliphatic rings. The molecular weight excluding hydrogens is 597 g/mol. The van der Waals surface area contributed by atoms with Gasteiger partial charge in [-0.3, -0.25) is 14.4 Å². The van der Waals surface area contributed by atoms with E-state index in [2.05, 4.69) is 20.9 Å². The van der Waals surface area contributed by atoms with Crippen LogP contribution < -0.4 is 25.4 Å². The number of rotatable bonds is 11. The Balaban J connectivity index is 1.25. The van der Waals surface area contributed by atoms with E-state index in [9.17, 15) is 14.4 Å². The first-order valence-corrected chi connectivity index (χ1v) is 15.2. The fourth-order valence-electron chi connectivity index (χ4n) is 4.11. The molecule has 4 aromatic carbocycles. The van der Waals surface area contributed by atoms with Gasteiger partial charge in [-0.2, -0.15) is 0 Å². The van der Waals surface area contributed by atoms with E-state index in [1.807, 2.05) is 36.4 Å². The number of nitrogens with zero attached hydrogens (tertiary/aromatic N) is 1. The van der Waals surface area contributed by atoms with Crippen LogP contribution in [0.3, 0.4) is 0 Å². The normalized spacial score (nSPS) is 11.1. The van der Waals surface area contributed by atoms with E-state index in [4.69, 9.17) is 9.47 Å². The first kappa shape index (κ1) is 30.3. The maximum absolute atomic E-state index is 13.4. The molecule has 0 bridgehead atoms. The van der Waals surface area contributed by atoms with E-state index in [1.165, 1.54) is 37.3 Å². The van der Waals surface area contributed by atoms with Gasteiger partial charge in [-0.1, -0.05) is 47.7 Å². The van der Waals surface area contributed by atoms with E-state index < -0.39 is 11.8 Å². The molecule has 0 atom stereocenters. The molecule has 5 aromatic rings. The van der Waals surface area contributed by atoms with Crippen LogP contribution >= 0.6 is 23.1 Å². The molecule has 3 amide bonds. The summed E-state index contributed by atoms with van der Waals surface area (Å²) in [5.74, 6) is 0.118. The van der Waals surface area contributed by atoms with Gasteiger partial charge in [0.2, 0.25) is 5.91 Å². The number of nitrogens with one attached hydrogen (secondary N) is 3. The maximum atomic E-state index is 13.4. The van der Waals surface area contributed by atoms with Crippen LogP contribution in [0.2, 0.25) is 0 Å². The van der Waals surface area contributed by atoms with Crippen molar-refractivity contribution >= 4 is 67.9 Å². The molecule has 222 valence electrons. The lowest BCUT2D eigenvalue weighted by Crippen LogP contribution is -2.30. The van der Waals surface area contributed by atoms with E-state index in [1.54, 1.807) is 66.7 Å². The molecule has 0 radical (unpaired) electrons. The third-order valence-corrected chi connectivity index (χ3v) is 8.23. The topological polar surface area (TPSA) is 119 Å². The summed E-state index contributed by atoms with van der Waals surface area (Å²) in [6, 6.07) is 28.6. The highest BCUT2D eigenvalue weighted by Crippen LogP contribution is 2.29. The fourth-order valence-corrected chi connectivity index (χ4v) is 5.69. The molecule has 0 aliphatic carbocycles. The van der Waals surface area contributed by atoms with Gasteiger partial charge in [0.25, 0.3) is 11.8 Å². The van der Waals surface area contributed by atoms with Crippen LogP contribution in [0.25, 0.3) is 16.3 Å². The van der Waals surface area contributed by atoms with E-state index in [0.717, 1.165) is 15.1 Å². The molecule has 9 nitrogen and oxygen atoms in total. The molecule has 0 saturated heterocycles. The second-order valence-electron chi connectivity index (χ2n) is 9.29. The number of amides is 3. The largest absolute Gasteiger partial charge is 0.493 e. The van der Waals surface area contributed by atoms with Crippen molar-refractivity contribution in [3.63, 3.8) is 0 Å². The zero-order valence-corrected chi connectivity index (χ0v) is 25.5. The van der Waals surface area contributed by atoms with E-state index in [0.29, 0.717) is 33.4 Å². The third-order valence-electron chi connectivity index (χ3n) is 6.27. The first-order valence-electron chi connectivity index (χ1n) is 13.4. The van der Waals surface area contributed by atoms with Crippen molar-refractivity contribution in [2.24, 2.45) is 0 Å². The zero-order chi connectivity index (χ0) is 30.9. The van der Waals surface area contributed by atoms with Crippen LogP contribution in [0.5, 0.6) is 11.5 Å². The number of carbonyl (C=O) groups excluding carboxylic acids is 3. The lowest BCUT2D eigenvalue weighted by atomic mass is 10.1. The van der Waals surface area contributed by atoms with E-state index >= 15 is 0 Å². The summed E-state index contributed by atoms with van der Waals surface area (Å²) >= 11 is 2.79. The number of hydrogen-bond acceptors (Lipinski definition) is 8. The number of anilines is 2. The van der Waals surface area contributed by atoms with Crippen molar-refractivity contribution in [2.75, 3.05) is 30.6 Å². The molecular formula is C33H28N4O5S2. The maximum Gasteiger partial charge on any atom is 0.272 e. The van der Waals surface area contributed by atoms with Gasteiger partial charge in [0.1, 0.15) is 5.70 Å². The number of fused-ring (bicyclic) bond motifs is 1. The van der Waals surface area contributed by atoms with Crippen molar-refractivity contribution in [1.29, 1.82) is 0 Å². The molecule has 1 aromatic heterocycles. The molecule has 0 saturated carbocycles. The lowest BCUT2D eigenvalue weighted by Gasteiger charge is -2.13. The number of thiazole rings is 1. The fraction of sp³-hybridized carbons (Fsp3) is 0.0909. The van der Waals surface area contributed by atoms with Gasteiger partial charge >= 0.3 is 0 Å². The van der Waals surface area contributed by atoms with Crippen molar-refractivity contribution < 1.29 is 23.9 Å². The summed E-state index contributed by atoms with van der Waals surface area (Å²) in [5.41, 5.74) is 2.44. The summed E-state index contributed by atoms with van der Waals surface area (Å²) in [4.78, 5) is 44.1. The highest BCUT2D eigenvalue weighted by atomic mass is 32.2. The number of ether oxygens (including phenoxy) is 2. The molecule has 44 heavy (non-hydrogen) atoms. The Morgan fingerprint density at radius 2 is 1.57 bits per heavy atom. The smallest absolute Gasteiger partial charge is 0.272 e. The number of thioether (sulfide) groups is 1. The molecule has 0 fully saturated rings. The first-order chi connectivity index (χ1) is 21.4. The standard InChI is InChI=1S/C33H28N4O5S2/c1-41-27-17-12-21(19-28(27)42-2)18-26(35-31(39)22-8-4-3-5-9-22)32(40)34-23-13-15-24(16-14-23)43-20-30(38)37-33-36-25-10-6-7-11-29(25)44-33/h3-19H,20H2,1-2H3,(H,34,40)(H,35,39)(H,36,37,38)/b26-18-. The number of benzene rings is 4. The van der Waals surface area contributed by atoms with Crippen molar-refractivity contribution in [1.82, 2.24) is 10.3 Å².